The maximum atomic E-state index is 12.6. The average molecular weight is 302 g/mol. The molecule has 2 aliphatic heterocycles. The number of benzene rings is 1. The fourth-order valence-electron chi connectivity index (χ4n) is 3.69. The molecule has 120 valence electrons. The normalized spacial score (nSPS) is 25.2. The second kappa shape index (κ2) is 7.63. The zero-order valence-corrected chi connectivity index (χ0v) is 13.2. The summed E-state index contributed by atoms with van der Waals surface area (Å²) < 4.78 is 5.67. The van der Waals surface area contributed by atoms with E-state index in [0.29, 0.717) is 25.0 Å². The number of fused-ring (bicyclic) bond motifs is 1. The van der Waals surface area contributed by atoms with Crippen LogP contribution in [-0.4, -0.2) is 43.1 Å². The van der Waals surface area contributed by atoms with Crippen molar-refractivity contribution in [2.45, 2.75) is 38.1 Å². The molecule has 0 radical (unpaired) electrons. The Morgan fingerprint density at radius 1 is 1.23 bits per heavy atom. The first-order valence-electron chi connectivity index (χ1n) is 8.52. The Bertz CT molecular complexity index is 477. The van der Waals surface area contributed by atoms with Crippen molar-refractivity contribution in [1.29, 1.82) is 0 Å². The van der Waals surface area contributed by atoms with Crippen molar-refractivity contribution in [2.24, 2.45) is 5.92 Å². The van der Waals surface area contributed by atoms with Gasteiger partial charge >= 0.3 is 0 Å². The number of para-hydroxylation sites is 1. The minimum Gasteiger partial charge on any atom is -0.493 e. The van der Waals surface area contributed by atoms with Crippen LogP contribution >= 0.6 is 0 Å². The molecule has 1 aromatic rings. The second-order valence-corrected chi connectivity index (χ2v) is 6.31. The van der Waals surface area contributed by atoms with Gasteiger partial charge in [-0.15, -0.1) is 0 Å². The quantitative estimate of drug-likeness (QED) is 0.929. The average Bonchev–Trinajstić information content (AvgIpc) is 2.78. The summed E-state index contributed by atoms with van der Waals surface area (Å²) in [6.07, 6.45) is 5.20. The smallest absolute Gasteiger partial charge is 0.226 e. The summed E-state index contributed by atoms with van der Waals surface area (Å²) in [5.41, 5.74) is 0. The van der Waals surface area contributed by atoms with Crippen LogP contribution in [0.15, 0.2) is 30.3 Å². The number of hydrogen-bond acceptors (Lipinski definition) is 3. The van der Waals surface area contributed by atoms with Crippen molar-refractivity contribution in [2.75, 3.05) is 26.2 Å². The van der Waals surface area contributed by atoms with E-state index >= 15 is 0 Å². The first kappa shape index (κ1) is 15.3. The minimum absolute atomic E-state index is 0.259. The highest BCUT2D eigenvalue weighted by atomic mass is 16.5. The lowest BCUT2D eigenvalue weighted by molar-refractivity contribution is -0.135. The number of rotatable bonds is 4. The summed E-state index contributed by atoms with van der Waals surface area (Å²) in [4.78, 5) is 14.8. The van der Waals surface area contributed by atoms with Crippen LogP contribution in [0, 0.1) is 5.92 Å². The molecule has 2 fully saturated rings. The predicted octanol–water partition coefficient (Wildman–Crippen LogP) is 2.45. The molecule has 2 aliphatic rings. The van der Waals surface area contributed by atoms with Crippen LogP contribution in [0.4, 0.5) is 0 Å². The van der Waals surface area contributed by atoms with Crippen LogP contribution in [0.5, 0.6) is 5.75 Å². The van der Waals surface area contributed by atoms with Crippen LogP contribution in [0.25, 0.3) is 0 Å². The number of carbonyl (C=O) groups excluding carboxylic acids is 1. The monoisotopic (exact) mass is 302 g/mol. The summed E-state index contributed by atoms with van der Waals surface area (Å²) in [6, 6.07) is 10.2. The van der Waals surface area contributed by atoms with Crippen LogP contribution < -0.4 is 10.1 Å². The fourth-order valence-corrected chi connectivity index (χ4v) is 3.69. The summed E-state index contributed by atoms with van der Waals surface area (Å²) in [5.74, 6) is 1.73. The Kier molecular flexibility index (Phi) is 5.33. The third kappa shape index (κ3) is 3.80. The van der Waals surface area contributed by atoms with Crippen LogP contribution in [-0.2, 0) is 4.79 Å². The van der Waals surface area contributed by atoms with Crippen molar-refractivity contribution >= 4 is 5.91 Å². The van der Waals surface area contributed by atoms with Crippen LogP contribution in [0.1, 0.15) is 32.1 Å². The number of nitrogens with zero attached hydrogens (tertiary/aromatic N) is 1. The van der Waals surface area contributed by atoms with Gasteiger partial charge in [0.25, 0.3) is 0 Å². The molecule has 1 amide bonds. The number of hydrogen-bond donors (Lipinski definition) is 1. The lowest BCUT2D eigenvalue weighted by Gasteiger charge is -2.38. The van der Waals surface area contributed by atoms with Gasteiger partial charge in [-0.1, -0.05) is 24.6 Å². The topological polar surface area (TPSA) is 41.6 Å². The van der Waals surface area contributed by atoms with E-state index in [1.54, 1.807) is 0 Å². The first-order chi connectivity index (χ1) is 10.8. The zero-order valence-electron chi connectivity index (χ0n) is 13.2. The molecule has 0 aliphatic carbocycles. The number of ether oxygens (including phenoxy) is 1. The van der Waals surface area contributed by atoms with Gasteiger partial charge in [-0.3, -0.25) is 4.79 Å². The van der Waals surface area contributed by atoms with Crippen LogP contribution in [0.2, 0.25) is 0 Å². The van der Waals surface area contributed by atoms with Crippen LogP contribution in [0.3, 0.4) is 0 Å². The van der Waals surface area contributed by atoms with Crippen molar-refractivity contribution < 1.29 is 9.53 Å². The Hall–Kier alpha value is -1.55. The SMILES string of the molecule is O=C(CCOc1ccccc1)N1CCCC[C@H]2CNCC[C@H]21. The molecule has 2 saturated heterocycles. The van der Waals surface area contributed by atoms with Crippen molar-refractivity contribution in [3.63, 3.8) is 0 Å². The highest BCUT2D eigenvalue weighted by Gasteiger charge is 2.33. The molecular weight excluding hydrogens is 276 g/mol. The Labute approximate surface area is 132 Å². The molecule has 0 unspecified atom stereocenters. The standard InChI is InChI=1S/C18H26N2O2/c21-18(10-13-22-16-7-2-1-3-8-16)20-12-5-4-6-15-14-19-11-9-17(15)20/h1-3,7-8,15,17,19H,4-6,9-14H2/t15-,17+/m0/s1. The van der Waals surface area contributed by atoms with Crippen molar-refractivity contribution in [1.82, 2.24) is 10.2 Å². The Morgan fingerprint density at radius 3 is 2.95 bits per heavy atom. The third-order valence-corrected chi connectivity index (χ3v) is 4.84. The van der Waals surface area contributed by atoms with Gasteiger partial charge in [-0.25, -0.2) is 0 Å². The fraction of sp³-hybridized carbons (Fsp3) is 0.611. The van der Waals surface area contributed by atoms with Gasteiger partial charge in [-0.05, 0) is 50.4 Å². The van der Waals surface area contributed by atoms with Gasteiger partial charge in [0.05, 0.1) is 13.0 Å². The summed E-state index contributed by atoms with van der Waals surface area (Å²) in [7, 11) is 0. The Morgan fingerprint density at radius 2 is 2.09 bits per heavy atom. The molecule has 0 bridgehead atoms. The van der Waals surface area contributed by atoms with Crippen molar-refractivity contribution in [3.8, 4) is 5.75 Å². The van der Waals surface area contributed by atoms with Gasteiger partial charge in [0.15, 0.2) is 0 Å². The molecule has 4 heteroatoms. The molecule has 2 heterocycles. The second-order valence-electron chi connectivity index (χ2n) is 6.31. The molecule has 1 aromatic carbocycles. The summed E-state index contributed by atoms with van der Waals surface area (Å²) in [6.45, 7) is 3.49. The van der Waals surface area contributed by atoms with E-state index < -0.39 is 0 Å². The molecule has 4 nitrogen and oxygen atoms in total. The van der Waals surface area contributed by atoms with E-state index in [-0.39, 0.29) is 5.91 Å². The van der Waals surface area contributed by atoms with Gasteiger partial charge in [0, 0.05) is 12.6 Å². The van der Waals surface area contributed by atoms with E-state index in [1.807, 2.05) is 30.3 Å². The molecule has 0 spiro atoms. The molecule has 3 rings (SSSR count). The van der Waals surface area contributed by atoms with E-state index in [2.05, 4.69) is 10.2 Å². The minimum atomic E-state index is 0.259. The van der Waals surface area contributed by atoms with E-state index in [4.69, 9.17) is 4.74 Å². The van der Waals surface area contributed by atoms with E-state index in [0.717, 1.165) is 38.2 Å². The van der Waals surface area contributed by atoms with Gasteiger partial charge in [0.2, 0.25) is 5.91 Å². The summed E-state index contributed by atoms with van der Waals surface area (Å²) >= 11 is 0. The van der Waals surface area contributed by atoms with E-state index in [1.165, 1.54) is 12.8 Å². The molecule has 0 aromatic heterocycles. The number of likely N-dealkylation sites (tertiary alicyclic amines) is 1. The van der Waals surface area contributed by atoms with Gasteiger partial charge < -0.3 is 15.0 Å². The van der Waals surface area contributed by atoms with Gasteiger partial charge in [-0.2, -0.15) is 0 Å². The molecule has 1 N–H and O–H groups in total. The zero-order chi connectivity index (χ0) is 15.2. The largest absolute Gasteiger partial charge is 0.493 e. The predicted molar refractivity (Wildman–Crippen MR) is 86.9 cm³/mol. The lowest BCUT2D eigenvalue weighted by atomic mass is 9.89. The molecule has 2 atom stereocenters. The van der Waals surface area contributed by atoms with Gasteiger partial charge in [0.1, 0.15) is 5.75 Å². The number of nitrogens with one attached hydrogen (secondary N) is 1. The van der Waals surface area contributed by atoms with E-state index in [9.17, 15) is 4.79 Å². The highest BCUT2D eigenvalue weighted by Crippen LogP contribution is 2.27. The number of carbonyl (C=O) groups is 1. The first-order valence-corrected chi connectivity index (χ1v) is 8.52. The highest BCUT2D eigenvalue weighted by molar-refractivity contribution is 5.76. The van der Waals surface area contributed by atoms with Crippen molar-refractivity contribution in [3.05, 3.63) is 30.3 Å². The number of piperidine rings is 1. The maximum Gasteiger partial charge on any atom is 0.226 e. The third-order valence-electron chi connectivity index (χ3n) is 4.84. The summed E-state index contributed by atoms with van der Waals surface area (Å²) in [5, 5.41) is 3.47. The number of amides is 1. The molecule has 22 heavy (non-hydrogen) atoms. The molecular formula is C18H26N2O2. The lowest BCUT2D eigenvalue weighted by Crippen LogP contribution is -2.51. The molecule has 0 saturated carbocycles. The Balaban J connectivity index is 1.53. The maximum absolute atomic E-state index is 12.6.